The number of thiocarbonyl (C=S) groups is 1. The third-order valence-corrected chi connectivity index (χ3v) is 0. The summed E-state index contributed by atoms with van der Waals surface area (Å²) in [6.07, 6.45) is 0. The predicted octanol–water partition coefficient (Wildman–Crippen LogP) is -3.79. The Morgan fingerprint density at radius 1 is 1.62 bits per heavy atom. The van der Waals surface area contributed by atoms with Gasteiger partial charge in [-0.2, -0.15) is 0 Å². The van der Waals surface area contributed by atoms with Crippen LogP contribution in [0.2, 0.25) is 0 Å². The van der Waals surface area contributed by atoms with Crippen molar-refractivity contribution in [3.8, 4) is 5.40 Å². The number of hydrogen-bond acceptors (Lipinski definition) is 3. The van der Waals surface area contributed by atoms with Crippen molar-refractivity contribution in [2.75, 3.05) is 0 Å². The van der Waals surface area contributed by atoms with Crippen LogP contribution in [0, 0.1) is 10.7 Å². The molecule has 0 radical (unpaired) electrons. The monoisotopic (exact) mass is 157 g/mol. The fourth-order valence-corrected chi connectivity index (χ4v) is 0. The number of nitrogens with two attached hydrogens (primary N) is 2. The number of hydrogen-bond donors (Lipinski definition) is 2. The van der Waals surface area contributed by atoms with Crippen molar-refractivity contribution < 1.29 is 29.6 Å². The molecule has 6 heteroatoms. The van der Waals surface area contributed by atoms with E-state index in [1.807, 2.05) is 0 Å². The van der Waals surface area contributed by atoms with Crippen LogP contribution in [0.15, 0.2) is 0 Å². The largest absolute Gasteiger partial charge is 1.00 e. The standard InChI is InChI=1S/CH4N2S.CHNS.Na/c2-1(3)4;2-1-3;/h(H4,2,3,4);3H;/q;;+1/p-1. The molecule has 0 aliphatic rings. The Balaban J connectivity index is -0.0000000575. The van der Waals surface area contributed by atoms with Crippen molar-refractivity contribution in [2.45, 2.75) is 0 Å². The molecule has 0 saturated heterocycles. The average molecular weight is 157 g/mol. The van der Waals surface area contributed by atoms with Crippen LogP contribution in [0.4, 0.5) is 0 Å². The zero-order chi connectivity index (χ0) is 6.28. The van der Waals surface area contributed by atoms with Gasteiger partial charge in [0.05, 0.1) is 0 Å². The van der Waals surface area contributed by atoms with Gasteiger partial charge in [-0.1, -0.05) is 5.40 Å². The Bertz CT molecular complexity index is 83.8. The molecule has 0 aromatic rings. The zero-order valence-corrected chi connectivity index (χ0v) is 8.05. The Kier molecular flexibility index (Phi) is 30.9. The molecule has 8 heavy (non-hydrogen) atoms. The van der Waals surface area contributed by atoms with E-state index in [-0.39, 0.29) is 34.7 Å². The molecule has 0 atom stereocenters. The van der Waals surface area contributed by atoms with Crippen molar-refractivity contribution >= 4 is 30.0 Å². The summed E-state index contributed by atoms with van der Waals surface area (Å²) in [5.41, 5.74) is 9.24. The Morgan fingerprint density at radius 3 is 1.62 bits per heavy atom. The molecule has 3 nitrogen and oxygen atoms in total. The van der Waals surface area contributed by atoms with Crippen molar-refractivity contribution in [1.82, 2.24) is 0 Å². The minimum absolute atomic E-state index is 0. The number of rotatable bonds is 0. The molecule has 0 amide bonds. The summed E-state index contributed by atoms with van der Waals surface area (Å²) in [5, 5.41) is 8.47. The van der Waals surface area contributed by atoms with E-state index in [0.29, 0.717) is 0 Å². The second-order valence-electron chi connectivity index (χ2n) is 0.494. The first-order valence-electron chi connectivity index (χ1n) is 1.21. The second kappa shape index (κ2) is 15.7. The third-order valence-electron chi connectivity index (χ3n) is 0. The van der Waals surface area contributed by atoms with Gasteiger partial charge < -0.3 is 24.1 Å². The molecular weight excluding hydrogens is 153 g/mol. The van der Waals surface area contributed by atoms with Crippen LogP contribution in [0.25, 0.3) is 0 Å². The maximum atomic E-state index is 7.13. The molecule has 0 saturated carbocycles. The van der Waals surface area contributed by atoms with Gasteiger partial charge in [0.25, 0.3) is 0 Å². The summed E-state index contributed by atoms with van der Waals surface area (Å²) >= 11 is 7.79. The molecule has 0 aromatic carbocycles. The van der Waals surface area contributed by atoms with Crippen LogP contribution in [-0.2, 0) is 12.6 Å². The van der Waals surface area contributed by atoms with Crippen LogP contribution >= 0.6 is 12.2 Å². The third kappa shape index (κ3) is 1170. The molecule has 0 heterocycles. The van der Waals surface area contributed by atoms with E-state index in [4.69, 9.17) is 5.26 Å². The predicted molar refractivity (Wildman–Crippen MR) is 34.0 cm³/mol. The van der Waals surface area contributed by atoms with Crippen LogP contribution in [0.1, 0.15) is 0 Å². The molecular formula is C2H4N3NaS2. The molecule has 0 aliphatic carbocycles. The van der Waals surface area contributed by atoms with E-state index in [1.54, 1.807) is 0 Å². The van der Waals surface area contributed by atoms with Gasteiger partial charge in [0, 0.05) is 0 Å². The van der Waals surface area contributed by atoms with Gasteiger partial charge in [-0.15, -0.1) is 0 Å². The maximum absolute atomic E-state index is 7.13. The maximum Gasteiger partial charge on any atom is 1.00 e. The van der Waals surface area contributed by atoms with Gasteiger partial charge in [0.1, 0.15) is 0 Å². The van der Waals surface area contributed by atoms with E-state index in [1.165, 1.54) is 5.40 Å². The van der Waals surface area contributed by atoms with E-state index in [9.17, 15) is 0 Å². The van der Waals surface area contributed by atoms with Gasteiger partial charge in [-0.05, 0) is 12.2 Å². The van der Waals surface area contributed by atoms with Crippen LogP contribution in [0.5, 0.6) is 0 Å². The minimum Gasteiger partial charge on any atom is -0.696 e. The summed E-state index contributed by atoms with van der Waals surface area (Å²) in [6, 6.07) is 0. The quantitative estimate of drug-likeness (QED) is 0.163. The van der Waals surface area contributed by atoms with Crippen molar-refractivity contribution in [3.63, 3.8) is 0 Å². The topological polar surface area (TPSA) is 75.8 Å². The SMILES string of the molecule is N#C[S-].NC(N)=S.[Na+]. The molecule has 0 aromatic heterocycles. The molecule has 0 spiro atoms. The summed E-state index contributed by atoms with van der Waals surface area (Å²) in [4.78, 5) is 0. The van der Waals surface area contributed by atoms with Gasteiger partial charge in [-0.25, -0.2) is 5.26 Å². The van der Waals surface area contributed by atoms with E-state index < -0.39 is 0 Å². The van der Waals surface area contributed by atoms with Crippen molar-refractivity contribution in [3.05, 3.63) is 0 Å². The van der Waals surface area contributed by atoms with Crippen LogP contribution in [0.3, 0.4) is 0 Å². The Labute approximate surface area is 81.1 Å². The fourth-order valence-electron chi connectivity index (χ4n) is 0. The van der Waals surface area contributed by atoms with E-state index in [0.717, 1.165) is 0 Å². The average Bonchev–Trinajstić information content (AvgIpc) is 1.33. The zero-order valence-electron chi connectivity index (χ0n) is 4.42. The minimum atomic E-state index is 0. The van der Waals surface area contributed by atoms with E-state index in [2.05, 4.69) is 36.3 Å². The number of thiocyanates is 1. The van der Waals surface area contributed by atoms with Crippen molar-refractivity contribution in [1.29, 1.82) is 5.26 Å². The molecule has 0 fully saturated rings. The first-order chi connectivity index (χ1) is 3.15. The first-order valence-corrected chi connectivity index (χ1v) is 2.03. The summed E-state index contributed by atoms with van der Waals surface area (Å²) < 4.78 is 0. The fraction of sp³-hybridized carbons (Fsp3) is 0. The Hall–Kier alpha value is 0.400. The molecule has 0 unspecified atom stereocenters. The molecule has 40 valence electrons. The number of nitriles is 1. The Morgan fingerprint density at radius 2 is 1.62 bits per heavy atom. The second-order valence-corrected chi connectivity index (χ2v) is 1.15. The van der Waals surface area contributed by atoms with Gasteiger partial charge >= 0.3 is 29.6 Å². The smallest absolute Gasteiger partial charge is 0.696 e. The normalized spacial score (nSPS) is 3.88. The molecule has 0 bridgehead atoms. The summed E-state index contributed by atoms with van der Waals surface area (Å²) in [7, 11) is 0. The molecule has 4 N–H and O–H groups in total. The van der Waals surface area contributed by atoms with Gasteiger partial charge in [0.15, 0.2) is 5.11 Å². The van der Waals surface area contributed by atoms with Gasteiger partial charge in [0.2, 0.25) is 0 Å². The summed E-state index contributed by atoms with van der Waals surface area (Å²) in [5.74, 6) is 0. The van der Waals surface area contributed by atoms with Crippen LogP contribution in [-0.4, -0.2) is 5.11 Å². The molecule has 0 rings (SSSR count). The van der Waals surface area contributed by atoms with Crippen molar-refractivity contribution in [2.24, 2.45) is 11.5 Å². The summed E-state index contributed by atoms with van der Waals surface area (Å²) in [6.45, 7) is 0. The molecule has 0 aliphatic heterocycles. The van der Waals surface area contributed by atoms with Gasteiger partial charge in [-0.3, -0.25) is 0 Å². The first kappa shape index (κ1) is 15.8. The van der Waals surface area contributed by atoms with E-state index >= 15 is 0 Å². The van der Waals surface area contributed by atoms with Crippen LogP contribution < -0.4 is 41.0 Å². The number of nitrogens with zero attached hydrogens (tertiary/aromatic N) is 1.